The maximum absolute atomic E-state index is 12.4. The van der Waals surface area contributed by atoms with Crippen molar-refractivity contribution in [1.29, 1.82) is 0 Å². The zero-order chi connectivity index (χ0) is 10.8. The molecule has 1 saturated carbocycles. The molecule has 0 aromatic heterocycles. The van der Waals surface area contributed by atoms with E-state index in [2.05, 4.69) is 13.5 Å². The van der Waals surface area contributed by atoms with E-state index in [4.69, 9.17) is 0 Å². The summed E-state index contributed by atoms with van der Waals surface area (Å²) in [5.74, 6) is 0. The molecule has 1 unspecified atom stereocenters. The van der Waals surface area contributed by atoms with Gasteiger partial charge in [-0.1, -0.05) is 45.4 Å². The molecule has 0 aromatic rings. The van der Waals surface area contributed by atoms with Crippen molar-refractivity contribution in [3.63, 3.8) is 0 Å². The van der Waals surface area contributed by atoms with Gasteiger partial charge < -0.3 is 12.0 Å². The average molecular weight is 219 g/mol. The molecular formula is C13H22MgO. The van der Waals surface area contributed by atoms with Gasteiger partial charge in [0.15, 0.2) is 0 Å². The first-order valence-corrected chi connectivity index (χ1v) is 5.58. The number of hydrogen-bond acceptors (Lipinski definition) is 1. The number of rotatable bonds is 3. The Morgan fingerprint density at radius 2 is 1.87 bits per heavy atom. The zero-order valence-electron chi connectivity index (χ0n) is 10.3. The Labute approximate surface area is 110 Å². The summed E-state index contributed by atoms with van der Waals surface area (Å²) in [5.41, 5.74) is 0.0607. The van der Waals surface area contributed by atoms with Gasteiger partial charge >= 0.3 is 23.1 Å². The van der Waals surface area contributed by atoms with E-state index in [0.29, 0.717) is 6.42 Å². The molecule has 0 saturated heterocycles. The van der Waals surface area contributed by atoms with Crippen molar-refractivity contribution in [2.24, 2.45) is 5.41 Å². The summed E-state index contributed by atoms with van der Waals surface area (Å²) in [5, 5.41) is 12.4. The molecule has 0 radical (unpaired) electrons. The normalized spacial score (nSPS) is 23.7. The van der Waals surface area contributed by atoms with E-state index in [-0.39, 0.29) is 28.5 Å². The largest absolute Gasteiger partial charge is 2.00 e. The van der Waals surface area contributed by atoms with Crippen molar-refractivity contribution in [3.05, 3.63) is 19.1 Å². The van der Waals surface area contributed by atoms with E-state index in [9.17, 15) is 5.11 Å². The molecule has 0 aliphatic heterocycles. The van der Waals surface area contributed by atoms with E-state index in [1.165, 1.54) is 6.42 Å². The molecule has 0 bridgehead atoms. The van der Waals surface area contributed by atoms with Gasteiger partial charge in [-0.2, -0.15) is 0 Å². The summed E-state index contributed by atoms with van der Waals surface area (Å²) < 4.78 is 0. The minimum absolute atomic E-state index is 0. The second kappa shape index (κ2) is 5.69. The Kier molecular flexibility index (Phi) is 5.87. The van der Waals surface area contributed by atoms with Crippen LogP contribution < -0.4 is 5.11 Å². The van der Waals surface area contributed by atoms with Gasteiger partial charge in [-0.3, -0.25) is 0 Å². The quantitative estimate of drug-likeness (QED) is 0.406. The van der Waals surface area contributed by atoms with Gasteiger partial charge in [-0.25, -0.2) is 0 Å². The van der Waals surface area contributed by atoms with Crippen molar-refractivity contribution < 1.29 is 5.11 Å². The van der Waals surface area contributed by atoms with Crippen LogP contribution >= 0.6 is 0 Å². The SMILES string of the molecule is C=C(C)C([CH2-])(C)CC1([O-])CCCCC1.[Mg+2]. The zero-order valence-corrected chi connectivity index (χ0v) is 11.7. The third-order valence-corrected chi connectivity index (χ3v) is 3.51. The molecule has 82 valence electrons. The molecule has 0 amide bonds. The van der Waals surface area contributed by atoms with Crippen molar-refractivity contribution in [3.8, 4) is 0 Å². The Balaban J connectivity index is 0.00000196. The maximum Gasteiger partial charge on any atom is 2.00 e. The first kappa shape index (κ1) is 15.5. The van der Waals surface area contributed by atoms with Crippen LogP contribution in [0.25, 0.3) is 0 Å². The Morgan fingerprint density at radius 1 is 1.40 bits per heavy atom. The number of hydrogen-bond donors (Lipinski definition) is 0. The molecule has 1 aliphatic carbocycles. The van der Waals surface area contributed by atoms with Gasteiger partial charge in [0.1, 0.15) is 0 Å². The molecule has 15 heavy (non-hydrogen) atoms. The predicted molar refractivity (Wildman–Crippen MR) is 64.5 cm³/mol. The molecule has 1 nitrogen and oxygen atoms in total. The Morgan fingerprint density at radius 3 is 2.27 bits per heavy atom. The molecule has 0 spiro atoms. The van der Waals surface area contributed by atoms with Crippen LogP contribution in [0, 0.1) is 12.3 Å². The van der Waals surface area contributed by atoms with E-state index in [1.54, 1.807) is 0 Å². The number of allylic oxidation sites excluding steroid dienone is 1. The average Bonchev–Trinajstić information content (AvgIpc) is 2.03. The summed E-state index contributed by atoms with van der Waals surface area (Å²) in [4.78, 5) is 0. The minimum atomic E-state index is -0.728. The van der Waals surface area contributed by atoms with Crippen molar-refractivity contribution in [2.75, 3.05) is 0 Å². The van der Waals surface area contributed by atoms with Crippen LogP contribution in [0.2, 0.25) is 0 Å². The van der Waals surface area contributed by atoms with E-state index < -0.39 is 5.60 Å². The summed E-state index contributed by atoms with van der Waals surface area (Å²) in [6.45, 7) is 12.0. The maximum atomic E-state index is 12.4. The molecule has 0 N–H and O–H groups in total. The Hall–Kier alpha value is 0.466. The minimum Gasteiger partial charge on any atom is -0.849 e. The first-order chi connectivity index (χ1) is 6.36. The third kappa shape index (κ3) is 4.45. The van der Waals surface area contributed by atoms with Gasteiger partial charge in [-0.05, 0) is 6.92 Å². The smallest absolute Gasteiger partial charge is 0.849 e. The molecule has 1 aliphatic rings. The second-order valence-electron chi connectivity index (χ2n) is 5.26. The van der Waals surface area contributed by atoms with E-state index in [1.807, 2.05) is 13.8 Å². The topological polar surface area (TPSA) is 23.1 Å². The van der Waals surface area contributed by atoms with Crippen molar-refractivity contribution >= 4 is 23.1 Å². The summed E-state index contributed by atoms with van der Waals surface area (Å²) in [6.07, 6.45) is 5.71. The van der Waals surface area contributed by atoms with Crippen LogP contribution in [-0.4, -0.2) is 28.7 Å². The van der Waals surface area contributed by atoms with Crippen LogP contribution in [0.4, 0.5) is 0 Å². The standard InChI is InChI=1S/C13H22O.Mg/c1-11(2)12(3,4)10-13(14)8-6-5-7-9-13;/h1,3,5-10H2,2,4H3;/q-2;+2. The molecule has 2 heteroatoms. The van der Waals surface area contributed by atoms with Crippen LogP contribution in [0.3, 0.4) is 0 Å². The summed E-state index contributed by atoms with van der Waals surface area (Å²) in [7, 11) is 0. The molecule has 1 atom stereocenters. The van der Waals surface area contributed by atoms with Gasteiger partial charge in [0.05, 0.1) is 0 Å². The third-order valence-electron chi connectivity index (χ3n) is 3.51. The summed E-state index contributed by atoms with van der Waals surface area (Å²) in [6, 6.07) is 0. The fraction of sp³-hybridized carbons (Fsp3) is 0.769. The molecular weight excluding hydrogens is 196 g/mol. The monoisotopic (exact) mass is 218 g/mol. The molecule has 0 aromatic carbocycles. The van der Waals surface area contributed by atoms with Crippen LogP contribution in [0.15, 0.2) is 12.2 Å². The molecule has 0 heterocycles. The van der Waals surface area contributed by atoms with Crippen LogP contribution in [0.1, 0.15) is 52.4 Å². The predicted octanol–water partition coefficient (Wildman–Crippen LogP) is 2.48. The molecule has 1 fully saturated rings. The first-order valence-electron chi connectivity index (χ1n) is 5.58. The van der Waals surface area contributed by atoms with Crippen molar-refractivity contribution in [2.45, 2.75) is 58.0 Å². The second-order valence-corrected chi connectivity index (χ2v) is 5.26. The fourth-order valence-electron chi connectivity index (χ4n) is 2.23. The van der Waals surface area contributed by atoms with Crippen LogP contribution in [0.5, 0.6) is 0 Å². The van der Waals surface area contributed by atoms with E-state index >= 15 is 0 Å². The van der Waals surface area contributed by atoms with Gasteiger partial charge in [0.2, 0.25) is 0 Å². The fourth-order valence-corrected chi connectivity index (χ4v) is 2.23. The van der Waals surface area contributed by atoms with Gasteiger partial charge in [-0.15, -0.1) is 23.2 Å². The Bertz CT molecular complexity index is 215. The van der Waals surface area contributed by atoms with E-state index in [0.717, 1.165) is 31.3 Å². The van der Waals surface area contributed by atoms with Crippen molar-refractivity contribution in [1.82, 2.24) is 0 Å². The van der Waals surface area contributed by atoms with Crippen LogP contribution in [-0.2, 0) is 0 Å². The molecule has 1 rings (SSSR count). The van der Waals surface area contributed by atoms with Gasteiger partial charge in [0.25, 0.3) is 0 Å². The summed E-state index contributed by atoms with van der Waals surface area (Å²) >= 11 is 0. The van der Waals surface area contributed by atoms with Gasteiger partial charge in [0, 0.05) is 0 Å².